The van der Waals surface area contributed by atoms with E-state index in [1.807, 2.05) is 41.3 Å². The quantitative estimate of drug-likeness (QED) is 0.537. The molecular formula is C27H34N4O4. The molecule has 2 aromatic carbocycles. The van der Waals surface area contributed by atoms with E-state index in [0.29, 0.717) is 43.2 Å². The number of piperidine rings is 1. The van der Waals surface area contributed by atoms with Crippen LogP contribution in [-0.2, 0) is 22.6 Å². The van der Waals surface area contributed by atoms with Gasteiger partial charge in [0.1, 0.15) is 6.04 Å². The summed E-state index contributed by atoms with van der Waals surface area (Å²) in [6.45, 7) is 2.91. The van der Waals surface area contributed by atoms with Gasteiger partial charge in [-0.3, -0.25) is 14.4 Å². The topological polar surface area (TPSA) is 116 Å². The Labute approximate surface area is 206 Å². The van der Waals surface area contributed by atoms with E-state index < -0.39 is 12.0 Å². The van der Waals surface area contributed by atoms with Crippen LogP contribution in [-0.4, -0.2) is 64.9 Å². The molecule has 8 nitrogen and oxygen atoms in total. The summed E-state index contributed by atoms with van der Waals surface area (Å²) in [5.74, 6) is -0.704. The molecule has 0 unspecified atom stereocenters. The number of likely N-dealkylation sites (tertiary alicyclic amines) is 1. The molecule has 2 aromatic rings. The van der Waals surface area contributed by atoms with Crippen LogP contribution in [0.4, 0.5) is 5.69 Å². The fourth-order valence-electron chi connectivity index (χ4n) is 5.01. The number of carboxylic acids is 1. The van der Waals surface area contributed by atoms with Gasteiger partial charge in [-0.15, -0.1) is 0 Å². The molecule has 0 bridgehead atoms. The highest BCUT2D eigenvalue weighted by Gasteiger charge is 2.31. The van der Waals surface area contributed by atoms with E-state index in [2.05, 4.69) is 5.32 Å². The fourth-order valence-corrected chi connectivity index (χ4v) is 5.01. The van der Waals surface area contributed by atoms with Gasteiger partial charge in [0, 0.05) is 37.4 Å². The minimum atomic E-state index is -1.04. The number of fused-ring (bicyclic) bond motifs is 1. The number of anilines is 1. The molecule has 1 fully saturated rings. The van der Waals surface area contributed by atoms with Crippen LogP contribution in [0.25, 0.3) is 0 Å². The summed E-state index contributed by atoms with van der Waals surface area (Å²) in [5.41, 5.74) is 8.91. The van der Waals surface area contributed by atoms with Gasteiger partial charge >= 0.3 is 5.97 Å². The third-order valence-electron chi connectivity index (χ3n) is 7.02. The Kier molecular flexibility index (Phi) is 8.02. The second-order valence-corrected chi connectivity index (χ2v) is 9.48. The molecule has 4 rings (SSSR count). The van der Waals surface area contributed by atoms with Crippen molar-refractivity contribution in [3.63, 3.8) is 0 Å². The molecule has 8 heteroatoms. The molecule has 2 amide bonds. The van der Waals surface area contributed by atoms with Gasteiger partial charge in [0.25, 0.3) is 5.91 Å². The second-order valence-electron chi connectivity index (χ2n) is 9.48. The molecular weight excluding hydrogens is 444 g/mol. The van der Waals surface area contributed by atoms with Gasteiger partial charge in [-0.2, -0.15) is 0 Å². The number of carbonyl (C=O) groups is 3. The minimum absolute atomic E-state index is 0.00695. The number of aliphatic carboxylic acids is 1. The number of rotatable bonds is 8. The maximum atomic E-state index is 13.2. The molecule has 2 aliphatic heterocycles. The van der Waals surface area contributed by atoms with Crippen molar-refractivity contribution in [1.29, 1.82) is 0 Å². The first-order valence-corrected chi connectivity index (χ1v) is 12.4. The Morgan fingerprint density at radius 3 is 2.51 bits per heavy atom. The number of nitrogens with zero attached hydrogens (tertiary/aromatic N) is 2. The van der Waals surface area contributed by atoms with Gasteiger partial charge in [-0.25, -0.2) is 0 Å². The largest absolute Gasteiger partial charge is 0.481 e. The molecule has 0 radical (unpaired) electrons. The first kappa shape index (κ1) is 24.7. The average molecular weight is 479 g/mol. The van der Waals surface area contributed by atoms with Crippen molar-refractivity contribution >= 4 is 23.5 Å². The monoisotopic (exact) mass is 478 g/mol. The van der Waals surface area contributed by atoms with E-state index in [-0.39, 0.29) is 18.2 Å². The molecule has 186 valence electrons. The van der Waals surface area contributed by atoms with Crippen molar-refractivity contribution in [1.82, 2.24) is 9.80 Å². The first-order valence-electron chi connectivity index (χ1n) is 12.4. The Balaban J connectivity index is 1.52. The zero-order chi connectivity index (χ0) is 24.8. The molecule has 1 saturated heterocycles. The van der Waals surface area contributed by atoms with Crippen LogP contribution >= 0.6 is 0 Å². The van der Waals surface area contributed by atoms with Crippen LogP contribution in [0.2, 0.25) is 0 Å². The lowest BCUT2D eigenvalue weighted by atomic mass is 9.93. The van der Waals surface area contributed by atoms with Crippen LogP contribution in [0, 0.1) is 5.92 Å². The number of carbonyl (C=O) groups excluding carboxylic acids is 2. The average Bonchev–Trinajstić information content (AvgIpc) is 2.99. The lowest BCUT2D eigenvalue weighted by molar-refractivity contribution is -0.141. The number of nitrogens with two attached hydrogens (primary N) is 1. The van der Waals surface area contributed by atoms with E-state index in [4.69, 9.17) is 5.73 Å². The Morgan fingerprint density at radius 1 is 1.09 bits per heavy atom. The first-order chi connectivity index (χ1) is 16.9. The zero-order valence-electron chi connectivity index (χ0n) is 20.0. The van der Waals surface area contributed by atoms with Crippen LogP contribution in [0.5, 0.6) is 0 Å². The highest BCUT2D eigenvalue weighted by Crippen LogP contribution is 2.27. The van der Waals surface area contributed by atoms with Gasteiger partial charge in [0.15, 0.2) is 0 Å². The highest BCUT2D eigenvalue weighted by molar-refractivity contribution is 5.96. The van der Waals surface area contributed by atoms with E-state index in [9.17, 15) is 19.5 Å². The molecule has 0 aromatic heterocycles. The normalized spacial score (nSPS) is 18.5. The van der Waals surface area contributed by atoms with Gasteiger partial charge in [0.2, 0.25) is 5.91 Å². The Bertz CT molecular complexity index is 1050. The Morgan fingerprint density at radius 2 is 1.83 bits per heavy atom. The van der Waals surface area contributed by atoms with Gasteiger partial charge in [-0.05, 0) is 67.5 Å². The van der Waals surface area contributed by atoms with Crippen LogP contribution in [0.1, 0.15) is 47.2 Å². The number of hydrogen-bond donors (Lipinski definition) is 3. The summed E-state index contributed by atoms with van der Waals surface area (Å²) in [4.78, 5) is 41.5. The standard InChI is InChI=1S/C27H34N4O4/c28-12-8-20-9-13-30(14-10-20)26(34)21-6-7-23-22(16-21)18-31(15-11-19-4-2-1-3-5-19)27(35)24(29-23)17-25(32)33/h1-7,16,20,24,29H,8-15,17-18,28H2,(H,32,33)/t24-/m1/s1. The minimum Gasteiger partial charge on any atom is -0.481 e. The molecule has 0 saturated carbocycles. The molecule has 35 heavy (non-hydrogen) atoms. The number of hydrogen-bond acceptors (Lipinski definition) is 5. The summed E-state index contributed by atoms with van der Waals surface area (Å²) in [7, 11) is 0. The van der Waals surface area contributed by atoms with Crippen molar-refractivity contribution in [3.8, 4) is 0 Å². The van der Waals surface area contributed by atoms with E-state index in [1.165, 1.54) is 0 Å². The third-order valence-corrected chi connectivity index (χ3v) is 7.02. The molecule has 1 atom stereocenters. The SMILES string of the molecule is NCCC1CCN(C(=O)c2ccc3c(c2)CN(CCc2ccccc2)C(=O)[C@@H](CC(=O)O)N3)CC1. The zero-order valence-corrected chi connectivity index (χ0v) is 20.0. The molecule has 0 aliphatic carbocycles. The maximum absolute atomic E-state index is 13.2. The van der Waals surface area contributed by atoms with Gasteiger partial charge in [-0.1, -0.05) is 30.3 Å². The van der Waals surface area contributed by atoms with Crippen LogP contribution in [0.15, 0.2) is 48.5 Å². The summed E-state index contributed by atoms with van der Waals surface area (Å²) in [6, 6.07) is 14.4. The summed E-state index contributed by atoms with van der Waals surface area (Å²) in [6.07, 6.45) is 3.29. The number of carboxylic acid groups (broad SMARTS) is 1. The van der Waals surface area contributed by atoms with Crippen LogP contribution in [0.3, 0.4) is 0 Å². The predicted octanol–water partition coefficient (Wildman–Crippen LogP) is 2.73. The third kappa shape index (κ3) is 6.19. The van der Waals surface area contributed by atoms with Gasteiger partial charge in [0.05, 0.1) is 6.42 Å². The van der Waals surface area contributed by atoms with Gasteiger partial charge < -0.3 is 26.0 Å². The molecule has 2 heterocycles. The fraction of sp³-hybridized carbons (Fsp3) is 0.444. The smallest absolute Gasteiger partial charge is 0.305 e. The van der Waals surface area contributed by atoms with E-state index >= 15 is 0 Å². The Hall–Kier alpha value is -3.39. The number of benzene rings is 2. The lowest BCUT2D eigenvalue weighted by Gasteiger charge is -2.32. The lowest BCUT2D eigenvalue weighted by Crippen LogP contribution is -2.42. The van der Waals surface area contributed by atoms with Crippen molar-refractivity contribution in [2.45, 2.75) is 44.7 Å². The summed E-state index contributed by atoms with van der Waals surface area (Å²) in [5, 5.41) is 12.5. The second kappa shape index (κ2) is 11.4. The van der Waals surface area contributed by atoms with Crippen molar-refractivity contribution < 1.29 is 19.5 Å². The maximum Gasteiger partial charge on any atom is 0.305 e. The van der Waals surface area contributed by atoms with Crippen molar-refractivity contribution in [2.75, 3.05) is 31.5 Å². The molecule has 4 N–H and O–H groups in total. The highest BCUT2D eigenvalue weighted by atomic mass is 16.4. The van der Waals surface area contributed by atoms with Crippen molar-refractivity contribution in [2.24, 2.45) is 11.7 Å². The predicted molar refractivity (Wildman–Crippen MR) is 134 cm³/mol. The number of amides is 2. The molecule has 0 spiro atoms. The van der Waals surface area contributed by atoms with E-state index in [0.717, 1.165) is 43.5 Å². The molecule has 2 aliphatic rings. The van der Waals surface area contributed by atoms with E-state index in [1.54, 1.807) is 17.0 Å². The summed E-state index contributed by atoms with van der Waals surface area (Å²) < 4.78 is 0. The summed E-state index contributed by atoms with van der Waals surface area (Å²) >= 11 is 0. The van der Waals surface area contributed by atoms with Crippen LogP contribution < -0.4 is 11.1 Å². The number of nitrogens with one attached hydrogen (secondary N) is 1. The van der Waals surface area contributed by atoms with Crippen molar-refractivity contribution in [3.05, 3.63) is 65.2 Å².